The summed E-state index contributed by atoms with van der Waals surface area (Å²) in [7, 11) is 1.53. The SMILES string of the molecule is COC1=CC(=O)[C@@]2(C=C1)CCCc1cc(O)c(O)cc12. The summed E-state index contributed by atoms with van der Waals surface area (Å²) in [6.45, 7) is 0. The Kier molecular flexibility index (Phi) is 2.82. The van der Waals surface area contributed by atoms with Crippen LogP contribution in [0.2, 0.25) is 0 Å². The lowest BCUT2D eigenvalue weighted by molar-refractivity contribution is -0.119. The van der Waals surface area contributed by atoms with Crippen molar-refractivity contribution in [2.45, 2.75) is 24.7 Å². The van der Waals surface area contributed by atoms with Crippen molar-refractivity contribution in [2.75, 3.05) is 7.11 Å². The molecule has 0 aliphatic heterocycles. The highest BCUT2D eigenvalue weighted by molar-refractivity contribution is 6.03. The first-order chi connectivity index (χ1) is 9.56. The number of aryl methyl sites for hydroxylation is 1. The number of hydrogen-bond acceptors (Lipinski definition) is 4. The molecule has 0 bridgehead atoms. The molecule has 1 spiro atoms. The molecule has 1 aromatic rings. The van der Waals surface area contributed by atoms with Crippen LogP contribution < -0.4 is 0 Å². The van der Waals surface area contributed by atoms with Gasteiger partial charge in [-0.15, -0.1) is 0 Å². The lowest BCUT2D eigenvalue weighted by Gasteiger charge is -2.36. The fourth-order valence-corrected chi connectivity index (χ4v) is 3.10. The first-order valence-corrected chi connectivity index (χ1v) is 6.61. The molecular formula is C16H16O4. The fraction of sp³-hybridized carbons (Fsp3) is 0.312. The highest BCUT2D eigenvalue weighted by Crippen LogP contribution is 2.45. The minimum Gasteiger partial charge on any atom is -0.504 e. The summed E-state index contributed by atoms with van der Waals surface area (Å²) in [6.07, 6.45) is 7.51. The highest BCUT2D eigenvalue weighted by atomic mass is 16.5. The third kappa shape index (κ3) is 1.72. The molecular weight excluding hydrogens is 256 g/mol. The Bertz CT molecular complexity index is 642. The van der Waals surface area contributed by atoms with Gasteiger partial charge in [-0.05, 0) is 48.6 Å². The number of aromatic hydroxyl groups is 2. The molecule has 20 heavy (non-hydrogen) atoms. The van der Waals surface area contributed by atoms with Gasteiger partial charge in [-0.2, -0.15) is 0 Å². The van der Waals surface area contributed by atoms with E-state index in [1.54, 1.807) is 12.1 Å². The van der Waals surface area contributed by atoms with Crippen molar-refractivity contribution in [3.8, 4) is 11.5 Å². The maximum atomic E-state index is 12.5. The molecule has 2 aliphatic carbocycles. The van der Waals surface area contributed by atoms with E-state index in [4.69, 9.17) is 4.74 Å². The van der Waals surface area contributed by atoms with Crippen molar-refractivity contribution in [3.63, 3.8) is 0 Å². The number of carbonyl (C=O) groups excluding carboxylic acids is 1. The first-order valence-electron chi connectivity index (χ1n) is 6.61. The van der Waals surface area contributed by atoms with E-state index in [2.05, 4.69) is 0 Å². The predicted octanol–water partition coefficient (Wildman–Crippen LogP) is 2.34. The number of hydrogen-bond donors (Lipinski definition) is 2. The molecule has 2 N–H and O–H groups in total. The first kappa shape index (κ1) is 12.8. The van der Waals surface area contributed by atoms with Gasteiger partial charge in [-0.3, -0.25) is 4.79 Å². The molecule has 0 radical (unpaired) electrons. The highest BCUT2D eigenvalue weighted by Gasteiger charge is 2.42. The standard InChI is InChI=1S/C16H16O4/c1-20-11-4-6-16(15(19)8-11)5-2-3-10-7-13(17)14(18)9-12(10)16/h4,6-9,17-18H,2-3,5H2,1H3/t16-/m1/s1. The summed E-state index contributed by atoms with van der Waals surface area (Å²) < 4.78 is 5.09. The lowest BCUT2D eigenvalue weighted by atomic mass is 9.66. The summed E-state index contributed by atoms with van der Waals surface area (Å²) >= 11 is 0. The zero-order valence-electron chi connectivity index (χ0n) is 11.2. The Labute approximate surface area is 117 Å². The van der Waals surface area contributed by atoms with E-state index in [9.17, 15) is 15.0 Å². The van der Waals surface area contributed by atoms with E-state index in [0.29, 0.717) is 12.2 Å². The minimum absolute atomic E-state index is 0.0390. The van der Waals surface area contributed by atoms with E-state index in [1.807, 2.05) is 6.08 Å². The van der Waals surface area contributed by atoms with Crippen molar-refractivity contribution < 1.29 is 19.7 Å². The normalized spacial score (nSPS) is 24.4. The number of phenolic OH excluding ortho intramolecular Hbond substituents is 2. The van der Waals surface area contributed by atoms with Gasteiger partial charge in [0.25, 0.3) is 0 Å². The largest absolute Gasteiger partial charge is 0.504 e. The Morgan fingerprint density at radius 1 is 1.25 bits per heavy atom. The number of ketones is 1. The molecule has 1 aromatic carbocycles. The summed E-state index contributed by atoms with van der Waals surface area (Å²) in [6, 6.07) is 3.07. The molecule has 1 atom stereocenters. The van der Waals surface area contributed by atoms with Crippen molar-refractivity contribution in [3.05, 3.63) is 47.2 Å². The second-order valence-electron chi connectivity index (χ2n) is 5.27. The van der Waals surface area contributed by atoms with Gasteiger partial charge in [0.15, 0.2) is 17.3 Å². The number of allylic oxidation sites excluding steroid dienone is 3. The van der Waals surface area contributed by atoms with Crippen LogP contribution in [0.15, 0.2) is 36.1 Å². The molecule has 0 amide bonds. The second-order valence-corrected chi connectivity index (χ2v) is 5.27. The van der Waals surface area contributed by atoms with Gasteiger partial charge >= 0.3 is 0 Å². The number of methoxy groups -OCH3 is 1. The molecule has 0 heterocycles. The summed E-state index contributed by atoms with van der Waals surface area (Å²) in [5.74, 6) is 0.174. The smallest absolute Gasteiger partial charge is 0.173 e. The molecule has 4 nitrogen and oxygen atoms in total. The molecule has 0 aromatic heterocycles. The maximum Gasteiger partial charge on any atom is 0.173 e. The fourth-order valence-electron chi connectivity index (χ4n) is 3.10. The number of rotatable bonds is 1. The minimum atomic E-state index is -0.735. The molecule has 0 fully saturated rings. The summed E-state index contributed by atoms with van der Waals surface area (Å²) in [4.78, 5) is 12.5. The van der Waals surface area contributed by atoms with E-state index in [1.165, 1.54) is 19.3 Å². The Morgan fingerprint density at radius 2 is 2.00 bits per heavy atom. The third-order valence-electron chi connectivity index (χ3n) is 4.18. The molecule has 0 saturated carbocycles. The van der Waals surface area contributed by atoms with Crippen molar-refractivity contribution >= 4 is 5.78 Å². The van der Waals surface area contributed by atoms with Gasteiger partial charge in [0, 0.05) is 6.08 Å². The molecule has 0 saturated heterocycles. The van der Waals surface area contributed by atoms with Gasteiger partial charge in [-0.1, -0.05) is 6.08 Å². The monoisotopic (exact) mass is 272 g/mol. The average molecular weight is 272 g/mol. The molecule has 104 valence electrons. The van der Waals surface area contributed by atoms with Crippen LogP contribution in [0.4, 0.5) is 0 Å². The van der Waals surface area contributed by atoms with Gasteiger partial charge < -0.3 is 14.9 Å². The van der Waals surface area contributed by atoms with Gasteiger partial charge in [0.1, 0.15) is 5.76 Å². The van der Waals surface area contributed by atoms with Crippen molar-refractivity contribution in [1.82, 2.24) is 0 Å². The van der Waals surface area contributed by atoms with Crippen LogP contribution in [-0.4, -0.2) is 23.1 Å². The van der Waals surface area contributed by atoms with E-state index >= 15 is 0 Å². The van der Waals surface area contributed by atoms with Crippen LogP contribution in [0.1, 0.15) is 24.0 Å². The van der Waals surface area contributed by atoms with Crippen LogP contribution >= 0.6 is 0 Å². The van der Waals surface area contributed by atoms with E-state index in [0.717, 1.165) is 24.0 Å². The number of fused-ring (bicyclic) bond motifs is 2. The average Bonchev–Trinajstić information content (AvgIpc) is 2.44. The van der Waals surface area contributed by atoms with E-state index in [-0.39, 0.29) is 17.3 Å². The van der Waals surface area contributed by atoms with Crippen LogP contribution in [0, 0.1) is 0 Å². The van der Waals surface area contributed by atoms with Crippen LogP contribution in [0.5, 0.6) is 11.5 Å². The van der Waals surface area contributed by atoms with Crippen LogP contribution in [-0.2, 0) is 21.4 Å². The number of carbonyl (C=O) groups is 1. The summed E-state index contributed by atoms with van der Waals surface area (Å²) in [5, 5.41) is 19.4. The Balaban J connectivity index is 2.15. The van der Waals surface area contributed by atoms with Gasteiger partial charge in [0.2, 0.25) is 0 Å². The molecule has 4 heteroatoms. The molecule has 2 aliphatic rings. The lowest BCUT2D eigenvalue weighted by Crippen LogP contribution is -2.38. The number of ether oxygens (including phenoxy) is 1. The topological polar surface area (TPSA) is 66.8 Å². The van der Waals surface area contributed by atoms with E-state index < -0.39 is 5.41 Å². The number of benzene rings is 1. The second kappa shape index (κ2) is 4.40. The zero-order valence-corrected chi connectivity index (χ0v) is 11.2. The Hall–Kier alpha value is -2.23. The molecule has 3 rings (SSSR count). The quantitative estimate of drug-likeness (QED) is 0.770. The van der Waals surface area contributed by atoms with Crippen LogP contribution in [0.3, 0.4) is 0 Å². The Morgan fingerprint density at radius 3 is 2.70 bits per heavy atom. The summed E-state index contributed by atoms with van der Waals surface area (Å²) in [5.41, 5.74) is 0.964. The third-order valence-corrected chi connectivity index (χ3v) is 4.18. The van der Waals surface area contributed by atoms with Gasteiger partial charge in [0.05, 0.1) is 12.5 Å². The van der Waals surface area contributed by atoms with Gasteiger partial charge in [-0.25, -0.2) is 0 Å². The number of phenols is 2. The van der Waals surface area contributed by atoms with Crippen molar-refractivity contribution in [2.24, 2.45) is 0 Å². The maximum absolute atomic E-state index is 12.5. The zero-order chi connectivity index (χ0) is 14.3. The molecule has 0 unspecified atom stereocenters. The predicted molar refractivity (Wildman–Crippen MR) is 73.6 cm³/mol. The van der Waals surface area contributed by atoms with Crippen LogP contribution in [0.25, 0.3) is 0 Å². The van der Waals surface area contributed by atoms with Crippen molar-refractivity contribution in [1.29, 1.82) is 0 Å².